The highest BCUT2D eigenvalue weighted by atomic mass is 35.5. The van der Waals surface area contributed by atoms with Crippen molar-refractivity contribution in [2.75, 3.05) is 0 Å². The first-order valence-corrected chi connectivity index (χ1v) is 7.74. The third-order valence-corrected chi connectivity index (χ3v) is 4.80. The van der Waals surface area contributed by atoms with Crippen LogP contribution in [0.15, 0.2) is 47.4 Å². The lowest BCUT2D eigenvalue weighted by Crippen LogP contribution is -2.05. The first-order chi connectivity index (χ1) is 9.79. The number of hydrogen-bond acceptors (Lipinski definition) is 4. The van der Waals surface area contributed by atoms with E-state index in [2.05, 4.69) is 0 Å². The van der Waals surface area contributed by atoms with Gasteiger partial charge in [-0.05, 0) is 35.9 Å². The number of non-ortho nitro benzene ring substituents is 1. The van der Waals surface area contributed by atoms with E-state index in [1.165, 1.54) is 12.1 Å². The van der Waals surface area contributed by atoms with Crippen molar-refractivity contribution in [3.8, 4) is 0 Å². The summed E-state index contributed by atoms with van der Waals surface area (Å²) < 4.78 is 37.1. The molecule has 0 unspecified atom stereocenters. The van der Waals surface area contributed by atoms with Gasteiger partial charge in [-0.25, -0.2) is 12.8 Å². The van der Waals surface area contributed by atoms with Gasteiger partial charge in [0.25, 0.3) is 5.69 Å². The molecule has 0 N–H and O–H groups in total. The Morgan fingerprint density at radius 2 is 1.76 bits per heavy atom. The molecule has 2 aromatic carbocycles. The number of hydrogen-bond donors (Lipinski definition) is 0. The molecule has 0 saturated heterocycles. The Morgan fingerprint density at radius 3 is 2.29 bits per heavy atom. The Balaban J connectivity index is 2.32. The van der Waals surface area contributed by atoms with Crippen molar-refractivity contribution in [2.24, 2.45) is 0 Å². The lowest BCUT2D eigenvalue weighted by Gasteiger charge is -2.06. The van der Waals surface area contributed by atoms with E-state index in [4.69, 9.17) is 11.6 Å². The number of sulfone groups is 1. The van der Waals surface area contributed by atoms with Gasteiger partial charge in [-0.3, -0.25) is 10.1 Å². The Hall–Kier alpha value is -1.99. The van der Waals surface area contributed by atoms with Gasteiger partial charge in [-0.15, -0.1) is 0 Å². The second-order valence-corrected chi connectivity index (χ2v) is 6.64. The second-order valence-electron chi connectivity index (χ2n) is 4.25. The van der Waals surface area contributed by atoms with Gasteiger partial charge in [0.1, 0.15) is 5.82 Å². The molecule has 0 amide bonds. The van der Waals surface area contributed by atoms with E-state index < -0.39 is 26.3 Å². The Morgan fingerprint density at radius 1 is 1.14 bits per heavy atom. The monoisotopic (exact) mass is 329 g/mol. The van der Waals surface area contributed by atoms with Crippen LogP contribution in [0, 0.1) is 15.9 Å². The van der Waals surface area contributed by atoms with Crippen molar-refractivity contribution in [2.45, 2.75) is 10.6 Å². The zero-order chi connectivity index (χ0) is 15.6. The standard InChI is InChI=1S/C13H9ClFNO4S/c14-13-7-11(16(17)18)4-1-9(13)8-21(19,20)12-5-2-10(15)3-6-12/h1-7H,8H2. The van der Waals surface area contributed by atoms with Crippen LogP contribution >= 0.6 is 11.6 Å². The first-order valence-electron chi connectivity index (χ1n) is 5.71. The molecule has 0 aliphatic heterocycles. The van der Waals surface area contributed by atoms with Crippen molar-refractivity contribution in [3.05, 3.63) is 69.0 Å². The highest BCUT2D eigenvalue weighted by Gasteiger charge is 2.18. The SMILES string of the molecule is O=[N+]([O-])c1ccc(CS(=O)(=O)c2ccc(F)cc2)c(Cl)c1. The molecule has 5 nitrogen and oxygen atoms in total. The van der Waals surface area contributed by atoms with E-state index in [0.717, 1.165) is 30.3 Å². The van der Waals surface area contributed by atoms with Crippen LogP contribution in [0.3, 0.4) is 0 Å². The van der Waals surface area contributed by atoms with E-state index in [1.807, 2.05) is 0 Å². The molecule has 0 aromatic heterocycles. The Bertz CT molecular complexity index is 790. The van der Waals surface area contributed by atoms with Gasteiger partial charge >= 0.3 is 0 Å². The van der Waals surface area contributed by atoms with Gasteiger partial charge in [-0.2, -0.15) is 0 Å². The summed E-state index contributed by atoms with van der Waals surface area (Å²) in [6, 6.07) is 7.97. The number of nitro benzene ring substituents is 1. The van der Waals surface area contributed by atoms with Gasteiger partial charge < -0.3 is 0 Å². The van der Waals surface area contributed by atoms with Gasteiger partial charge in [0.05, 0.1) is 20.6 Å². The topological polar surface area (TPSA) is 77.3 Å². The van der Waals surface area contributed by atoms with E-state index in [1.54, 1.807) is 0 Å². The van der Waals surface area contributed by atoms with E-state index >= 15 is 0 Å². The van der Waals surface area contributed by atoms with Crippen LogP contribution in [0.5, 0.6) is 0 Å². The number of benzene rings is 2. The molecule has 0 aliphatic rings. The number of rotatable bonds is 4. The normalized spacial score (nSPS) is 11.3. The maximum Gasteiger partial charge on any atom is 0.270 e. The smallest absolute Gasteiger partial charge is 0.258 e. The maximum absolute atomic E-state index is 12.8. The van der Waals surface area contributed by atoms with Crippen molar-refractivity contribution < 1.29 is 17.7 Å². The summed E-state index contributed by atoms with van der Waals surface area (Å²) in [5.74, 6) is -0.961. The number of halogens is 2. The van der Waals surface area contributed by atoms with Gasteiger partial charge in [0, 0.05) is 12.1 Å². The number of nitrogens with zero attached hydrogens (tertiary/aromatic N) is 1. The predicted octanol–water partition coefficient (Wildman–Crippen LogP) is 3.36. The third kappa shape index (κ3) is 3.56. The van der Waals surface area contributed by atoms with Crippen LogP contribution in [0.2, 0.25) is 5.02 Å². The molecule has 110 valence electrons. The average molecular weight is 330 g/mol. The van der Waals surface area contributed by atoms with Crippen molar-refractivity contribution in [1.29, 1.82) is 0 Å². The molecule has 21 heavy (non-hydrogen) atoms. The highest BCUT2D eigenvalue weighted by Crippen LogP contribution is 2.26. The molecule has 2 rings (SSSR count). The summed E-state index contributed by atoms with van der Waals surface area (Å²) in [4.78, 5) is 9.93. The highest BCUT2D eigenvalue weighted by molar-refractivity contribution is 7.90. The molecule has 0 heterocycles. The van der Waals surface area contributed by atoms with Crippen LogP contribution < -0.4 is 0 Å². The van der Waals surface area contributed by atoms with Crippen LogP contribution in [-0.4, -0.2) is 13.3 Å². The fourth-order valence-corrected chi connectivity index (χ4v) is 3.40. The van der Waals surface area contributed by atoms with Crippen LogP contribution in [0.4, 0.5) is 10.1 Å². The zero-order valence-electron chi connectivity index (χ0n) is 10.5. The summed E-state index contributed by atoms with van der Waals surface area (Å²) in [7, 11) is -3.71. The third-order valence-electron chi connectivity index (χ3n) is 2.77. The lowest BCUT2D eigenvalue weighted by molar-refractivity contribution is -0.384. The van der Waals surface area contributed by atoms with Crippen molar-refractivity contribution in [3.63, 3.8) is 0 Å². The molecule has 0 atom stereocenters. The second kappa shape index (κ2) is 5.79. The number of nitro groups is 1. The van der Waals surface area contributed by atoms with Gasteiger partial charge in [0.15, 0.2) is 9.84 Å². The van der Waals surface area contributed by atoms with Crippen LogP contribution in [0.25, 0.3) is 0 Å². The lowest BCUT2D eigenvalue weighted by atomic mass is 10.2. The predicted molar refractivity (Wildman–Crippen MR) is 75.4 cm³/mol. The van der Waals surface area contributed by atoms with Crippen LogP contribution in [-0.2, 0) is 15.6 Å². The minimum absolute atomic E-state index is 0.00473. The molecule has 2 aromatic rings. The van der Waals surface area contributed by atoms with E-state index in [0.29, 0.717) is 0 Å². The minimum Gasteiger partial charge on any atom is -0.258 e. The minimum atomic E-state index is -3.71. The Kier molecular flexibility index (Phi) is 4.24. The Labute approximate surface area is 125 Å². The fourth-order valence-electron chi connectivity index (χ4n) is 1.70. The maximum atomic E-state index is 12.8. The average Bonchev–Trinajstić information content (AvgIpc) is 2.41. The van der Waals surface area contributed by atoms with E-state index in [9.17, 15) is 22.9 Å². The summed E-state index contributed by atoms with van der Waals surface area (Å²) in [6.45, 7) is 0. The van der Waals surface area contributed by atoms with Crippen LogP contribution in [0.1, 0.15) is 5.56 Å². The zero-order valence-corrected chi connectivity index (χ0v) is 12.1. The molecule has 0 bridgehead atoms. The van der Waals surface area contributed by atoms with Gasteiger partial charge in [0.2, 0.25) is 0 Å². The summed E-state index contributed by atoms with van der Waals surface area (Å²) >= 11 is 5.86. The van der Waals surface area contributed by atoms with E-state index in [-0.39, 0.29) is 21.2 Å². The molecule has 0 radical (unpaired) electrons. The van der Waals surface area contributed by atoms with Crippen molar-refractivity contribution in [1.82, 2.24) is 0 Å². The molecule has 0 spiro atoms. The molecular formula is C13H9ClFNO4S. The largest absolute Gasteiger partial charge is 0.270 e. The van der Waals surface area contributed by atoms with Gasteiger partial charge in [-0.1, -0.05) is 11.6 Å². The summed E-state index contributed by atoms with van der Waals surface area (Å²) in [5, 5.41) is 10.6. The van der Waals surface area contributed by atoms with Crippen molar-refractivity contribution >= 4 is 27.1 Å². The quantitative estimate of drug-likeness (QED) is 0.489. The summed E-state index contributed by atoms with van der Waals surface area (Å²) in [6.07, 6.45) is 0. The molecule has 0 saturated carbocycles. The fraction of sp³-hybridized carbons (Fsp3) is 0.0769. The molecular weight excluding hydrogens is 321 g/mol. The molecule has 0 aliphatic carbocycles. The summed E-state index contributed by atoms with van der Waals surface area (Å²) in [5.41, 5.74) is 0.0227. The first kappa shape index (κ1) is 15.4. The molecule has 8 heteroatoms. The molecule has 0 fully saturated rings.